The summed E-state index contributed by atoms with van der Waals surface area (Å²) >= 11 is 0. The third-order valence-corrected chi connectivity index (χ3v) is 5.26. The van der Waals surface area contributed by atoms with Crippen molar-refractivity contribution >= 4 is 5.82 Å². The molecule has 2 N–H and O–H groups in total. The molecule has 1 aliphatic heterocycles. The van der Waals surface area contributed by atoms with Gasteiger partial charge in [0, 0.05) is 25.2 Å². The van der Waals surface area contributed by atoms with Crippen LogP contribution in [0.5, 0.6) is 0 Å². The molecule has 0 atom stereocenters. The molecule has 1 saturated heterocycles. The van der Waals surface area contributed by atoms with Crippen molar-refractivity contribution < 1.29 is 0 Å². The minimum Gasteiger partial charge on any atom is -0.355 e. The van der Waals surface area contributed by atoms with Crippen molar-refractivity contribution in [3.63, 3.8) is 0 Å². The maximum absolute atomic E-state index is 6.04. The van der Waals surface area contributed by atoms with Crippen molar-refractivity contribution in [2.24, 2.45) is 11.1 Å². The lowest BCUT2D eigenvalue weighted by atomic mass is 9.78. The second-order valence-electron chi connectivity index (χ2n) is 6.49. The van der Waals surface area contributed by atoms with E-state index in [0.29, 0.717) is 12.0 Å². The second kappa shape index (κ2) is 6.73. The van der Waals surface area contributed by atoms with Crippen LogP contribution < -0.4 is 10.6 Å². The van der Waals surface area contributed by atoms with E-state index in [1.807, 2.05) is 0 Å². The molecule has 0 saturated carbocycles. The predicted octanol–water partition coefficient (Wildman–Crippen LogP) is 3.08. The van der Waals surface area contributed by atoms with Crippen LogP contribution in [0.1, 0.15) is 63.8 Å². The topological polar surface area (TPSA) is 55.0 Å². The monoisotopic (exact) mass is 290 g/mol. The van der Waals surface area contributed by atoms with Gasteiger partial charge in [0.05, 0.1) is 5.69 Å². The van der Waals surface area contributed by atoms with Crippen LogP contribution >= 0.6 is 0 Å². The average Bonchev–Trinajstić information content (AvgIpc) is 2.54. The van der Waals surface area contributed by atoms with Gasteiger partial charge in [-0.15, -0.1) is 5.10 Å². The van der Waals surface area contributed by atoms with E-state index in [4.69, 9.17) is 5.73 Å². The Bertz CT molecular complexity index is 476. The number of aryl methyl sites for hydroxylation is 1. The van der Waals surface area contributed by atoms with Crippen molar-refractivity contribution in [2.75, 3.05) is 18.0 Å². The van der Waals surface area contributed by atoms with E-state index in [1.54, 1.807) is 0 Å². The smallest absolute Gasteiger partial charge is 0.156 e. The zero-order valence-corrected chi connectivity index (χ0v) is 14.1. The molecule has 21 heavy (non-hydrogen) atoms. The first-order chi connectivity index (χ1) is 10.1. The number of hydrogen-bond donors (Lipinski definition) is 1. The Labute approximate surface area is 129 Å². The quantitative estimate of drug-likeness (QED) is 0.905. The Morgan fingerprint density at radius 3 is 2.19 bits per heavy atom. The number of anilines is 1. The van der Waals surface area contributed by atoms with Crippen LogP contribution in [0.25, 0.3) is 0 Å². The lowest BCUT2D eigenvalue weighted by Gasteiger charge is -2.40. The van der Waals surface area contributed by atoms with Crippen LogP contribution in [0.3, 0.4) is 0 Å². The van der Waals surface area contributed by atoms with E-state index >= 15 is 0 Å². The molecule has 0 aliphatic carbocycles. The SMILES string of the molecule is CCc1nnc(N2CCC(C)(CC)CC2)c(CN)c1CC. The van der Waals surface area contributed by atoms with Crippen molar-refractivity contribution in [2.45, 2.75) is 66.3 Å². The zero-order valence-electron chi connectivity index (χ0n) is 14.1. The van der Waals surface area contributed by atoms with Gasteiger partial charge in [-0.2, -0.15) is 5.10 Å². The van der Waals surface area contributed by atoms with E-state index in [1.165, 1.54) is 30.4 Å². The predicted molar refractivity (Wildman–Crippen MR) is 88.5 cm³/mol. The molecule has 4 heteroatoms. The summed E-state index contributed by atoms with van der Waals surface area (Å²) in [6.45, 7) is 11.7. The summed E-state index contributed by atoms with van der Waals surface area (Å²) in [6, 6.07) is 0. The largest absolute Gasteiger partial charge is 0.355 e. The molecule has 118 valence electrons. The van der Waals surface area contributed by atoms with Gasteiger partial charge in [-0.05, 0) is 36.7 Å². The van der Waals surface area contributed by atoms with Crippen LogP contribution in [0, 0.1) is 5.41 Å². The second-order valence-corrected chi connectivity index (χ2v) is 6.49. The molecule has 0 amide bonds. The Hall–Kier alpha value is -1.16. The molecule has 1 aliphatic rings. The Morgan fingerprint density at radius 1 is 1.05 bits per heavy atom. The molecule has 0 bridgehead atoms. The molecule has 1 aromatic rings. The summed E-state index contributed by atoms with van der Waals surface area (Å²) in [6.07, 6.45) is 5.62. The fourth-order valence-electron chi connectivity index (χ4n) is 3.32. The maximum atomic E-state index is 6.04. The Morgan fingerprint density at radius 2 is 1.71 bits per heavy atom. The number of nitrogens with two attached hydrogens (primary N) is 1. The van der Waals surface area contributed by atoms with Gasteiger partial charge in [-0.3, -0.25) is 0 Å². The molecule has 0 aromatic carbocycles. The normalized spacial score (nSPS) is 18.0. The summed E-state index contributed by atoms with van der Waals surface area (Å²) in [5.41, 5.74) is 10.2. The van der Waals surface area contributed by atoms with E-state index in [2.05, 4.69) is 42.8 Å². The molecule has 0 radical (unpaired) electrons. The molecule has 2 heterocycles. The third kappa shape index (κ3) is 3.20. The highest BCUT2D eigenvalue weighted by atomic mass is 15.3. The summed E-state index contributed by atoms with van der Waals surface area (Å²) in [7, 11) is 0. The Kier molecular flexibility index (Phi) is 5.20. The van der Waals surface area contributed by atoms with Crippen molar-refractivity contribution in [1.82, 2.24) is 10.2 Å². The van der Waals surface area contributed by atoms with Crippen LogP contribution in [0.4, 0.5) is 5.82 Å². The highest BCUT2D eigenvalue weighted by Gasteiger charge is 2.30. The highest BCUT2D eigenvalue weighted by Crippen LogP contribution is 2.36. The number of piperidine rings is 1. The molecule has 0 unspecified atom stereocenters. The van der Waals surface area contributed by atoms with E-state index in [9.17, 15) is 0 Å². The molecular formula is C17H30N4. The first-order valence-electron chi connectivity index (χ1n) is 8.40. The minimum atomic E-state index is 0.490. The maximum Gasteiger partial charge on any atom is 0.156 e. The van der Waals surface area contributed by atoms with Gasteiger partial charge in [0.25, 0.3) is 0 Å². The van der Waals surface area contributed by atoms with Crippen molar-refractivity contribution in [3.8, 4) is 0 Å². The molecule has 1 fully saturated rings. The van der Waals surface area contributed by atoms with E-state index in [0.717, 1.165) is 37.4 Å². The van der Waals surface area contributed by atoms with Gasteiger partial charge in [0.15, 0.2) is 5.82 Å². The number of rotatable bonds is 5. The number of aromatic nitrogens is 2. The van der Waals surface area contributed by atoms with E-state index in [-0.39, 0.29) is 0 Å². The molecule has 1 aromatic heterocycles. The fourth-order valence-corrected chi connectivity index (χ4v) is 3.32. The lowest BCUT2D eigenvalue weighted by Crippen LogP contribution is -2.39. The van der Waals surface area contributed by atoms with E-state index < -0.39 is 0 Å². The summed E-state index contributed by atoms with van der Waals surface area (Å²) in [4.78, 5) is 2.39. The molecule has 0 spiro atoms. The van der Waals surface area contributed by atoms with Gasteiger partial charge in [0.2, 0.25) is 0 Å². The first-order valence-corrected chi connectivity index (χ1v) is 8.40. The van der Waals surface area contributed by atoms with Crippen molar-refractivity contribution in [3.05, 3.63) is 16.8 Å². The Balaban J connectivity index is 2.29. The summed E-state index contributed by atoms with van der Waals surface area (Å²) in [5, 5.41) is 8.98. The number of nitrogens with zero attached hydrogens (tertiary/aromatic N) is 3. The van der Waals surface area contributed by atoms with Crippen LogP contribution in [0.2, 0.25) is 0 Å². The molecular weight excluding hydrogens is 260 g/mol. The van der Waals surface area contributed by atoms with Crippen LogP contribution in [-0.2, 0) is 19.4 Å². The van der Waals surface area contributed by atoms with Gasteiger partial charge in [-0.25, -0.2) is 0 Å². The van der Waals surface area contributed by atoms with Crippen LogP contribution in [0.15, 0.2) is 0 Å². The van der Waals surface area contributed by atoms with Crippen LogP contribution in [-0.4, -0.2) is 23.3 Å². The standard InChI is InChI=1S/C17H30N4/c1-5-13-14(12-18)16(20-19-15(13)6-2)21-10-8-17(4,7-3)9-11-21/h5-12,18H2,1-4H3. The van der Waals surface area contributed by atoms with Crippen molar-refractivity contribution in [1.29, 1.82) is 0 Å². The van der Waals surface area contributed by atoms with Gasteiger partial charge in [-0.1, -0.05) is 34.1 Å². The fraction of sp³-hybridized carbons (Fsp3) is 0.765. The molecule has 4 nitrogen and oxygen atoms in total. The van der Waals surface area contributed by atoms with Gasteiger partial charge < -0.3 is 10.6 Å². The number of hydrogen-bond acceptors (Lipinski definition) is 4. The molecule has 2 rings (SSSR count). The summed E-state index contributed by atoms with van der Waals surface area (Å²) in [5.74, 6) is 1.03. The third-order valence-electron chi connectivity index (χ3n) is 5.26. The average molecular weight is 290 g/mol. The van der Waals surface area contributed by atoms with Gasteiger partial charge in [0.1, 0.15) is 0 Å². The first kappa shape index (κ1) is 16.2. The zero-order chi connectivity index (χ0) is 15.5. The summed E-state index contributed by atoms with van der Waals surface area (Å²) < 4.78 is 0. The van der Waals surface area contributed by atoms with Gasteiger partial charge >= 0.3 is 0 Å². The minimum absolute atomic E-state index is 0.490. The highest BCUT2D eigenvalue weighted by molar-refractivity contribution is 5.51. The lowest BCUT2D eigenvalue weighted by molar-refractivity contribution is 0.237.